The summed E-state index contributed by atoms with van der Waals surface area (Å²) in [7, 11) is 0. The van der Waals surface area contributed by atoms with E-state index in [4.69, 9.17) is 9.47 Å². The molecular formula is C21H16F4N2O7. The van der Waals surface area contributed by atoms with Gasteiger partial charge in [-0.15, -0.1) is 0 Å². The second-order valence-corrected chi connectivity index (χ2v) is 7.35. The first kappa shape index (κ1) is 23.1. The van der Waals surface area contributed by atoms with Crippen LogP contribution in [0, 0.1) is 0 Å². The molecule has 4 rings (SSSR count). The number of hydrogen-bond donors (Lipinski definition) is 1. The number of ether oxygens (including phenoxy) is 4. The third-order valence-electron chi connectivity index (χ3n) is 5.22. The van der Waals surface area contributed by atoms with Gasteiger partial charge in [0.15, 0.2) is 17.3 Å². The van der Waals surface area contributed by atoms with E-state index in [9.17, 15) is 31.9 Å². The number of carbonyl (C=O) groups is 3. The van der Waals surface area contributed by atoms with E-state index in [1.54, 1.807) is 12.1 Å². The molecule has 3 amide bonds. The number of amides is 3. The van der Waals surface area contributed by atoms with Crippen LogP contribution in [0.1, 0.15) is 22.8 Å². The van der Waals surface area contributed by atoms with E-state index in [1.165, 1.54) is 13.0 Å². The molecule has 180 valence electrons. The molecule has 2 aromatic rings. The van der Waals surface area contributed by atoms with Gasteiger partial charge < -0.3 is 24.3 Å². The summed E-state index contributed by atoms with van der Waals surface area (Å²) in [5.74, 6) is -2.16. The van der Waals surface area contributed by atoms with Crippen LogP contribution in [0.4, 0.5) is 22.4 Å². The third kappa shape index (κ3) is 4.28. The monoisotopic (exact) mass is 484 g/mol. The summed E-state index contributed by atoms with van der Waals surface area (Å²) < 4.78 is 69.4. The number of alkyl halides is 4. The number of Topliss-reactive ketones (excluding diaryl/α,β-unsaturated/α-hetero) is 1. The normalized spacial score (nSPS) is 19.1. The van der Waals surface area contributed by atoms with Gasteiger partial charge in [0.25, 0.3) is 5.91 Å². The van der Waals surface area contributed by atoms with E-state index in [-0.39, 0.29) is 6.79 Å². The predicted molar refractivity (Wildman–Crippen MR) is 104 cm³/mol. The summed E-state index contributed by atoms with van der Waals surface area (Å²) in [4.78, 5) is 39.1. The van der Waals surface area contributed by atoms with Gasteiger partial charge >= 0.3 is 19.3 Å². The number of halogens is 4. The van der Waals surface area contributed by atoms with Gasteiger partial charge in [0.2, 0.25) is 6.79 Å². The highest BCUT2D eigenvalue weighted by Crippen LogP contribution is 2.38. The maximum atomic E-state index is 13.1. The number of rotatable bonds is 8. The van der Waals surface area contributed by atoms with Crippen LogP contribution in [0.25, 0.3) is 0 Å². The number of urea groups is 1. The van der Waals surface area contributed by atoms with Crippen molar-refractivity contribution in [3.05, 3.63) is 47.5 Å². The molecule has 2 aromatic carbocycles. The SMILES string of the molecule is C[C@]1(c2ccc3c(c2)OCO3)NC(=O)N(CC(=O)c2ccc(OC(F)F)cc2OC(F)F)C1=O. The van der Waals surface area contributed by atoms with Gasteiger partial charge in [0, 0.05) is 6.07 Å². The summed E-state index contributed by atoms with van der Waals surface area (Å²) in [5, 5.41) is 2.51. The van der Waals surface area contributed by atoms with Crippen LogP contribution in [0.3, 0.4) is 0 Å². The Morgan fingerprint density at radius 2 is 1.76 bits per heavy atom. The Morgan fingerprint density at radius 1 is 1.06 bits per heavy atom. The summed E-state index contributed by atoms with van der Waals surface area (Å²) >= 11 is 0. The molecule has 0 saturated carbocycles. The Bertz CT molecular complexity index is 1160. The molecule has 0 radical (unpaired) electrons. The van der Waals surface area contributed by atoms with Crippen LogP contribution in [0.2, 0.25) is 0 Å². The quantitative estimate of drug-likeness (QED) is 0.349. The van der Waals surface area contributed by atoms with Crippen molar-refractivity contribution in [2.45, 2.75) is 25.7 Å². The molecule has 0 unspecified atom stereocenters. The minimum absolute atomic E-state index is 0.000594. The van der Waals surface area contributed by atoms with Gasteiger partial charge in [-0.3, -0.25) is 14.5 Å². The highest BCUT2D eigenvalue weighted by atomic mass is 19.3. The minimum Gasteiger partial charge on any atom is -0.454 e. The Balaban J connectivity index is 1.57. The molecule has 2 aliphatic heterocycles. The van der Waals surface area contributed by atoms with Crippen LogP contribution < -0.4 is 24.3 Å². The molecule has 34 heavy (non-hydrogen) atoms. The van der Waals surface area contributed by atoms with Crippen LogP contribution in [0.15, 0.2) is 36.4 Å². The van der Waals surface area contributed by atoms with E-state index in [0.29, 0.717) is 28.0 Å². The fraction of sp³-hybridized carbons (Fsp3) is 0.286. The first-order valence-electron chi connectivity index (χ1n) is 9.69. The zero-order chi connectivity index (χ0) is 24.6. The highest BCUT2D eigenvalue weighted by Gasteiger charge is 2.50. The van der Waals surface area contributed by atoms with E-state index in [0.717, 1.165) is 12.1 Å². The number of fused-ring (bicyclic) bond motifs is 1. The van der Waals surface area contributed by atoms with Crippen molar-refractivity contribution < 1.29 is 50.9 Å². The molecule has 1 atom stereocenters. The van der Waals surface area contributed by atoms with Gasteiger partial charge in [0.1, 0.15) is 17.0 Å². The first-order chi connectivity index (χ1) is 16.1. The van der Waals surface area contributed by atoms with Crippen LogP contribution in [-0.4, -0.2) is 49.2 Å². The van der Waals surface area contributed by atoms with Gasteiger partial charge in [-0.1, -0.05) is 6.07 Å². The fourth-order valence-electron chi connectivity index (χ4n) is 3.58. The first-order valence-corrected chi connectivity index (χ1v) is 9.69. The second-order valence-electron chi connectivity index (χ2n) is 7.35. The highest BCUT2D eigenvalue weighted by molar-refractivity contribution is 6.11. The lowest BCUT2D eigenvalue weighted by atomic mass is 9.91. The second kappa shape index (κ2) is 8.72. The van der Waals surface area contributed by atoms with Crippen molar-refractivity contribution in [3.8, 4) is 23.0 Å². The van der Waals surface area contributed by atoms with Crippen molar-refractivity contribution in [2.75, 3.05) is 13.3 Å². The number of nitrogens with zero attached hydrogens (tertiary/aromatic N) is 1. The van der Waals surface area contributed by atoms with E-state index < -0.39 is 60.1 Å². The molecule has 1 fully saturated rings. The Kier molecular flexibility index (Phi) is 5.94. The van der Waals surface area contributed by atoms with Crippen molar-refractivity contribution >= 4 is 17.7 Å². The van der Waals surface area contributed by atoms with Crippen LogP contribution in [-0.2, 0) is 10.3 Å². The Labute approximate surface area is 189 Å². The summed E-state index contributed by atoms with van der Waals surface area (Å²) in [6, 6.07) is 6.29. The number of nitrogens with one attached hydrogen (secondary N) is 1. The average Bonchev–Trinajstić information content (AvgIpc) is 3.31. The largest absolute Gasteiger partial charge is 0.454 e. The number of benzene rings is 2. The summed E-state index contributed by atoms with van der Waals surface area (Å²) in [6.07, 6.45) is 0. The molecule has 2 aliphatic rings. The number of imide groups is 1. The van der Waals surface area contributed by atoms with Crippen molar-refractivity contribution in [1.82, 2.24) is 10.2 Å². The molecule has 0 aliphatic carbocycles. The maximum Gasteiger partial charge on any atom is 0.387 e. The van der Waals surface area contributed by atoms with Gasteiger partial charge in [-0.2, -0.15) is 17.6 Å². The lowest BCUT2D eigenvalue weighted by Crippen LogP contribution is -2.41. The molecule has 1 saturated heterocycles. The van der Waals surface area contributed by atoms with Gasteiger partial charge in [-0.05, 0) is 36.8 Å². The molecule has 13 heteroatoms. The number of hydrogen-bond acceptors (Lipinski definition) is 7. The lowest BCUT2D eigenvalue weighted by Gasteiger charge is -2.22. The number of carbonyl (C=O) groups excluding carboxylic acids is 3. The van der Waals surface area contributed by atoms with E-state index in [1.807, 2.05) is 0 Å². The topological polar surface area (TPSA) is 103 Å². The Morgan fingerprint density at radius 3 is 2.47 bits per heavy atom. The lowest BCUT2D eigenvalue weighted by molar-refractivity contribution is -0.130. The zero-order valence-corrected chi connectivity index (χ0v) is 17.3. The van der Waals surface area contributed by atoms with Crippen molar-refractivity contribution in [3.63, 3.8) is 0 Å². The standard InChI is InChI=1S/C21H16F4N2O7/c1-21(10-2-5-14-16(6-10)32-9-31-14)17(29)27(20(30)26-21)8-13(28)12-4-3-11(33-18(22)23)7-15(12)34-19(24)25/h2-7,18-19H,8-9H2,1H3,(H,26,30)/t21-/m1/s1. The zero-order valence-electron chi connectivity index (χ0n) is 17.3. The molecule has 0 bridgehead atoms. The average molecular weight is 484 g/mol. The maximum absolute atomic E-state index is 13.1. The predicted octanol–water partition coefficient (Wildman–Crippen LogP) is 3.27. The molecule has 0 aromatic heterocycles. The molecular weight excluding hydrogens is 468 g/mol. The van der Waals surface area contributed by atoms with E-state index >= 15 is 0 Å². The fourth-order valence-corrected chi connectivity index (χ4v) is 3.58. The Hall–Kier alpha value is -4.03. The third-order valence-corrected chi connectivity index (χ3v) is 5.22. The molecule has 0 spiro atoms. The molecule has 9 nitrogen and oxygen atoms in total. The van der Waals surface area contributed by atoms with Crippen LogP contribution >= 0.6 is 0 Å². The summed E-state index contributed by atoms with van der Waals surface area (Å²) in [6.45, 7) is -6.00. The van der Waals surface area contributed by atoms with Crippen molar-refractivity contribution in [1.29, 1.82) is 0 Å². The van der Waals surface area contributed by atoms with Crippen molar-refractivity contribution in [2.24, 2.45) is 0 Å². The van der Waals surface area contributed by atoms with E-state index in [2.05, 4.69) is 14.8 Å². The minimum atomic E-state index is -3.38. The molecule has 1 N–H and O–H groups in total. The van der Waals surface area contributed by atoms with Gasteiger partial charge in [0.05, 0.1) is 12.1 Å². The summed E-state index contributed by atoms with van der Waals surface area (Å²) in [5.41, 5.74) is -1.64. The van der Waals surface area contributed by atoms with Gasteiger partial charge in [-0.25, -0.2) is 4.79 Å². The number of ketones is 1. The molecule has 2 heterocycles. The smallest absolute Gasteiger partial charge is 0.387 e. The van der Waals surface area contributed by atoms with Crippen LogP contribution in [0.5, 0.6) is 23.0 Å².